The maximum absolute atomic E-state index is 11.9. The van der Waals surface area contributed by atoms with Gasteiger partial charge in [0, 0.05) is 32.9 Å². The molecule has 162 valence electrons. The lowest BCUT2D eigenvalue weighted by molar-refractivity contribution is -0.0375. The summed E-state index contributed by atoms with van der Waals surface area (Å²) >= 11 is 0. The number of methoxy groups -OCH3 is 1. The fraction of sp³-hybridized carbons (Fsp3) is 0.714. The first kappa shape index (κ1) is 19.7. The summed E-state index contributed by atoms with van der Waals surface area (Å²) in [6.45, 7) is 4.97. The normalized spacial score (nSPS) is 28.7. The van der Waals surface area contributed by atoms with Gasteiger partial charge in [0.1, 0.15) is 17.3 Å². The van der Waals surface area contributed by atoms with Gasteiger partial charge in [0.25, 0.3) is 5.56 Å². The molecule has 0 spiro atoms. The van der Waals surface area contributed by atoms with E-state index in [1.165, 1.54) is 12.8 Å². The highest BCUT2D eigenvalue weighted by Gasteiger charge is 2.44. The number of anilines is 1. The number of hydrogen-bond donors (Lipinski definition) is 1. The first-order valence-corrected chi connectivity index (χ1v) is 10.9. The standard InChI is InChI=1S/C21H30N6O3/c1-13-22-20(7-21(28)23-13)26-8-15-5-18(27-10-17(12-29-2)24-25-27)19(6-16(15)9-26)30-11-14-3-4-14/h7,10,14-16,18-19H,3-6,8-9,11-12H2,1-2H3,(H,22,23,28)/t15-,16+,18-,19-/m1/s1. The van der Waals surface area contributed by atoms with Gasteiger partial charge in [0.2, 0.25) is 0 Å². The zero-order chi connectivity index (χ0) is 20.7. The van der Waals surface area contributed by atoms with Gasteiger partial charge in [-0.3, -0.25) is 4.79 Å². The van der Waals surface area contributed by atoms with Gasteiger partial charge in [-0.15, -0.1) is 5.10 Å². The number of hydrogen-bond acceptors (Lipinski definition) is 7. The van der Waals surface area contributed by atoms with Crippen molar-refractivity contribution in [2.75, 3.05) is 31.7 Å². The van der Waals surface area contributed by atoms with Crippen LogP contribution >= 0.6 is 0 Å². The number of H-pyrrole nitrogens is 1. The van der Waals surface area contributed by atoms with Crippen LogP contribution in [0, 0.1) is 24.7 Å². The fourth-order valence-electron chi connectivity index (χ4n) is 4.99. The minimum atomic E-state index is -0.0934. The van der Waals surface area contributed by atoms with Gasteiger partial charge in [-0.1, -0.05) is 5.21 Å². The Bertz CT molecular complexity index is 939. The third-order valence-corrected chi connectivity index (χ3v) is 6.69. The average molecular weight is 415 g/mol. The van der Waals surface area contributed by atoms with Crippen LogP contribution in [0.1, 0.15) is 43.2 Å². The highest BCUT2D eigenvalue weighted by atomic mass is 16.5. The van der Waals surface area contributed by atoms with E-state index in [4.69, 9.17) is 9.47 Å². The van der Waals surface area contributed by atoms with Gasteiger partial charge in [-0.2, -0.15) is 0 Å². The van der Waals surface area contributed by atoms with Crippen LogP contribution in [0.2, 0.25) is 0 Å². The lowest BCUT2D eigenvalue weighted by Crippen LogP contribution is -2.38. The fourth-order valence-corrected chi connectivity index (χ4v) is 4.99. The Hall–Kier alpha value is -2.26. The number of fused-ring (bicyclic) bond motifs is 1. The Morgan fingerprint density at radius 3 is 2.77 bits per heavy atom. The van der Waals surface area contributed by atoms with E-state index in [-0.39, 0.29) is 17.7 Å². The molecular formula is C21H30N6O3. The molecule has 0 aromatic carbocycles. The molecule has 1 aliphatic heterocycles. The summed E-state index contributed by atoms with van der Waals surface area (Å²) in [5.74, 6) is 3.22. The largest absolute Gasteiger partial charge is 0.378 e. The van der Waals surface area contributed by atoms with Crippen molar-refractivity contribution in [1.29, 1.82) is 0 Å². The smallest absolute Gasteiger partial charge is 0.252 e. The molecule has 2 aromatic heterocycles. The zero-order valence-corrected chi connectivity index (χ0v) is 17.7. The van der Waals surface area contributed by atoms with Gasteiger partial charge in [0.05, 0.1) is 24.9 Å². The summed E-state index contributed by atoms with van der Waals surface area (Å²) in [5, 5.41) is 8.67. The zero-order valence-electron chi connectivity index (χ0n) is 17.7. The molecular weight excluding hydrogens is 384 g/mol. The molecule has 0 radical (unpaired) electrons. The van der Waals surface area contributed by atoms with Crippen molar-refractivity contribution in [1.82, 2.24) is 25.0 Å². The van der Waals surface area contributed by atoms with Crippen LogP contribution in [0.3, 0.4) is 0 Å². The molecule has 3 aliphatic rings. The van der Waals surface area contributed by atoms with Crippen LogP contribution in [-0.4, -0.2) is 57.9 Å². The molecule has 1 N–H and O–H groups in total. The van der Waals surface area contributed by atoms with Crippen LogP contribution in [0.25, 0.3) is 0 Å². The summed E-state index contributed by atoms with van der Waals surface area (Å²) in [7, 11) is 1.67. The molecule has 0 amide bonds. The number of aromatic amines is 1. The molecule has 0 bridgehead atoms. The molecule has 0 unspecified atom stereocenters. The monoisotopic (exact) mass is 414 g/mol. The second-order valence-corrected chi connectivity index (χ2v) is 9.09. The minimum Gasteiger partial charge on any atom is -0.378 e. The molecule has 5 rings (SSSR count). The van der Waals surface area contributed by atoms with Gasteiger partial charge < -0.3 is 19.4 Å². The van der Waals surface area contributed by atoms with E-state index in [0.717, 1.165) is 50.0 Å². The Balaban J connectivity index is 1.34. The first-order chi connectivity index (χ1) is 14.6. The Morgan fingerprint density at radius 1 is 1.23 bits per heavy atom. The molecule has 9 nitrogen and oxygen atoms in total. The lowest BCUT2D eigenvalue weighted by atomic mass is 9.77. The van der Waals surface area contributed by atoms with E-state index in [1.54, 1.807) is 13.2 Å². The van der Waals surface area contributed by atoms with Crippen molar-refractivity contribution >= 4 is 5.82 Å². The predicted octanol–water partition coefficient (Wildman–Crippen LogP) is 1.70. The van der Waals surface area contributed by atoms with Gasteiger partial charge >= 0.3 is 0 Å². The maximum Gasteiger partial charge on any atom is 0.252 e. The number of ether oxygens (including phenoxy) is 2. The van der Waals surface area contributed by atoms with Crippen LogP contribution in [0.15, 0.2) is 17.1 Å². The van der Waals surface area contributed by atoms with Crippen LogP contribution in [-0.2, 0) is 16.1 Å². The maximum atomic E-state index is 11.9. The van der Waals surface area contributed by atoms with Crippen LogP contribution < -0.4 is 10.5 Å². The molecule has 2 saturated carbocycles. The molecule has 3 fully saturated rings. The van der Waals surface area contributed by atoms with Gasteiger partial charge in [-0.05, 0) is 50.4 Å². The molecule has 1 saturated heterocycles. The summed E-state index contributed by atoms with van der Waals surface area (Å²) in [6.07, 6.45) is 6.70. The number of nitrogens with zero attached hydrogens (tertiary/aromatic N) is 5. The van der Waals surface area contributed by atoms with Crippen molar-refractivity contribution in [3.05, 3.63) is 34.1 Å². The molecule has 2 aliphatic carbocycles. The topological polar surface area (TPSA) is 98.2 Å². The van der Waals surface area contributed by atoms with E-state index in [2.05, 4.69) is 25.2 Å². The lowest BCUT2D eigenvalue weighted by Gasteiger charge is -2.37. The van der Waals surface area contributed by atoms with E-state index in [0.29, 0.717) is 24.3 Å². The Labute approximate surface area is 175 Å². The van der Waals surface area contributed by atoms with Gasteiger partial charge in [-0.25, -0.2) is 9.67 Å². The highest BCUT2D eigenvalue weighted by Crippen LogP contribution is 2.44. The van der Waals surface area contributed by atoms with Crippen LogP contribution in [0.5, 0.6) is 0 Å². The number of aromatic nitrogens is 5. The molecule has 2 aromatic rings. The number of aryl methyl sites for hydroxylation is 1. The molecule has 30 heavy (non-hydrogen) atoms. The first-order valence-electron chi connectivity index (χ1n) is 10.9. The molecule has 4 atom stereocenters. The van der Waals surface area contributed by atoms with Gasteiger partial charge in [0.15, 0.2) is 0 Å². The summed E-state index contributed by atoms with van der Waals surface area (Å²) in [5.41, 5.74) is 0.751. The predicted molar refractivity (Wildman–Crippen MR) is 110 cm³/mol. The van der Waals surface area contributed by atoms with E-state index in [1.807, 2.05) is 17.8 Å². The SMILES string of the molecule is COCc1cn([C@@H]2C[C@@H]3CN(c4cc(=O)[nH]c(C)n4)C[C@@H]3C[C@H]2OCC2CC2)nn1. The van der Waals surface area contributed by atoms with E-state index < -0.39 is 0 Å². The molecule has 9 heteroatoms. The second kappa shape index (κ2) is 8.11. The van der Waals surface area contributed by atoms with E-state index >= 15 is 0 Å². The third-order valence-electron chi connectivity index (χ3n) is 6.69. The second-order valence-electron chi connectivity index (χ2n) is 9.09. The third kappa shape index (κ3) is 4.13. The highest BCUT2D eigenvalue weighted by molar-refractivity contribution is 5.39. The Kier molecular flexibility index (Phi) is 5.32. The van der Waals surface area contributed by atoms with Crippen molar-refractivity contribution in [3.63, 3.8) is 0 Å². The summed E-state index contributed by atoms with van der Waals surface area (Å²) < 4.78 is 13.6. The number of nitrogens with one attached hydrogen (secondary N) is 1. The van der Waals surface area contributed by atoms with E-state index in [9.17, 15) is 4.79 Å². The summed E-state index contributed by atoms with van der Waals surface area (Å²) in [4.78, 5) is 21.5. The number of rotatable bonds is 7. The van der Waals surface area contributed by atoms with Crippen LogP contribution in [0.4, 0.5) is 5.82 Å². The quantitative estimate of drug-likeness (QED) is 0.736. The van der Waals surface area contributed by atoms with Crippen molar-refractivity contribution in [2.45, 2.75) is 51.4 Å². The van der Waals surface area contributed by atoms with Crippen molar-refractivity contribution < 1.29 is 9.47 Å². The molecule has 3 heterocycles. The Morgan fingerprint density at radius 2 is 2.03 bits per heavy atom. The summed E-state index contributed by atoms with van der Waals surface area (Å²) in [6, 6.07) is 1.79. The minimum absolute atomic E-state index is 0.0934. The van der Waals surface area contributed by atoms with Crippen molar-refractivity contribution in [3.8, 4) is 0 Å². The van der Waals surface area contributed by atoms with Crippen molar-refractivity contribution in [2.24, 2.45) is 17.8 Å². The average Bonchev–Trinajstić information content (AvgIpc) is 3.26.